The number of carbonyl (C=O) groups excluding carboxylic acids is 1. The highest BCUT2D eigenvalue weighted by Gasteiger charge is 2.18. The van der Waals surface area contributed by atoms with E-state index in [1.807, 2.05) is 0 Å². The molecule has 1 heterocycles. The first-order valence-electron chi connectivity index (χ1n) is 8.09. The number of unbranched alkanes of at least 4 members (excludes halogenated alkanes) is 2. The summed E-state index contributed by atoms with van der Waals surface area (Å²) < 4.78 is 0. The Morgan fingerprint density at radius 3 is 2.40 bits per heavy atom. The molecule has 0 bridgehead atoms. The smallest absolute Gasteiger partial charge is 0.234 e. The minimum absolute atomic E-state index is 0.163. The molecule has 1 aliphatic heterocycles. The van der Waals surface area contributed by atoms with E-state index in [0.29, 0.717) is 6.54 Å². The monoisotopic (exact) mass is 284 g/mol. The van der Waals surface area contributed by atoms with Gasteiger partial charge in [0.2, 0.25) is 5.91 Å². The van der Waals surface area contributed by atoms with Gasteiger partial charge < -0.3 is 16.0 Å². The van der Waals surface area contributed by atoms with Crippen LogP contribution in [-0.4, -0.2) is 67.6 Å². The van der Waals surface area contributed by atoms with E-state index >= 15 is 0 Å². The molecule has 5 nitrogen and oxygen atoms in total. The second kappa shape index (κ2) is 10.1. The van der Waals surface area contributed by atoms with Gasteiger partial charge in [-0.3, -0.25) is 9.69 Å². The van der Waals surface area contributed by atoms with Crippen molar-refractivity contribution in [3.8, 4) is 0 Å². The van der Waals surface area contributed by atoms with Gasteiger partial charge >= 0.3 is 0 Å². The summed E-state index contributed by atoms with van der Waals surface area (Å²) in [4.78, 5) is 16.6. The van der Waals surface area contributed by atoms with Gasteiger partial charge in [-0.05, 0) is 39.3 Å². The highest BCUT2D eigenvalue weighted by molar-refractivity contribution is 5.78. The third-order valence-corrected chi connectivity index (χ3v) is 4.03. The Morgan fingerprint density at radius 1 is 1.15 bits per heavy atom. The Morgan fingerprint density at radius 2 is 1.80 bits per heavy atom. The molecule has 0 radical (unpaired) electrons. The van der Waals surface area contributed by atoms with Crippen molar-refractivity contribution >= 4 is 5.91 Å². The fraction of sp³-hybridized carbons (Fsp3) is 0.933. The van der Waals surface area contributed by atoms with E-state index < -0.39 is 0 Å². The Labute approximate surface area is 123 Å². The quantitative estimate of drug-likeness (QED) is 0.610. The normalized spacial score (nSPS) is 18.9. The molecular weight excluding hydrogens is 252 g/mol. The number of carbonyl (C=O) groups is 1. The lowest BCUT2D eigenvalue weighted by Gasteiger charge is -2.34. The van der Waals surface area contributed by atoms with Crippen molar-refractivity contribution in [3.05, 3.63) is 0 Å². The van der Waals surface area contributed by atoms with Crippen molar-refractivity contribution in [2.24, 2.45) is 5.73 Å². The van der Waals surface area contributed by atoms with Gasteiger partial charge in [-0.1, -0.05) is 13.3 Å². The van der Waals surface area contributed by atoms with Gasteiger partial charge in [0, 0.05) is 32.2 Å². The molecule has 0 saturated carbocycles. The second-order valence-electron chi connectivity index (χ2n) is 5.84. The lowest BCUT2D eigenvalue weighted by molar-refractivity contribution is -0.123. The maximum absolute atomic E-state index is 11.8. The van der Waals surface area contributed by atoms with Gasteiger partial charge in [0.1, 0.15) is 0 Å². The molecule has 5 heteroatoms. The van der Waals surface area contributed by atoms with Crippen LogP contribution in [0.3, 0.4) is 0 Å². The topological polar surface area (TPSA) is 61.6 Å². The zero-order chi connectivity index (χ0) is 14.8. The van der Waals surface area contributed by atoms with E-state index in [1.165, 1.54) is 19.4 Å². The predicted molar refractivity (Wildman–Crippen MR) is 83.7 cm³/mol. The van der Waals surface area contributed by atoms with Crippen LogP contribution < -0.4 is 11.1 Å². The standard InChI is InChI=1S/C15H32N4O/c1-3-14(2)17-15(20)13-19-11-9-18(10-12-19)8-6-4-5-7-16/h14H,3-13,16H2,1-2H3,(H,17,20). The summed E-state index contributed by atoms with van der Waals surface area (Å²) in [6.07, 6.45) is 4.60. The van der Waals surface area contributed by atoms with Crippen LogP contribution in [0.15, 0.2) is 0 Å². The lowest BCUT2D eigenvalue weighted by atomic mass is 10.2. The number of piperazine rings is 1. The maximum Gasteiger partial charge on any atom is 0.234 e. The molecule has 0 aromatic rings. The van der Waals surface area contributed by atoms with Crippen LogP contribution in [0.25, 0.3) is 0 Å². The number of hydrogen-bond acceptors (Lipinski definition) is 4. The first-order chi connectivity index (χ1) is 9.65. The van der Waals surface area contributed by atoms with E-state index in [0.717, 1.165) is 45.6 Å². The number of nitrogens with zero attached hydrogens (tertiary/aromatic N) is 2. The van der Waals surface area contributed by atoms with Gasteiger partial charge in [0.15, 0.2) is 0 Å². The molecule has 1 fully saturated rings. The fourth-order valence-corrected chi connectivity index (χ4v) is 2.45. The Kier molecular flexibility index (Phi) is 8.82. The van der Waals surface area contributed by atoms with Crippen LogP contribution in [0.5, 0.6) is 0 Å². The van der Waals surface area contributed by atoms with E-state index in [4.69, 9.17) is 5.73 Å². The van der Waals surface area contributed by atoms with E-state index in [-0.39, 0.29) is 11.9 Å². The molecular formula is C15H32N4O. The summed E-state index contributed by atoms with van der Waals surface area (Å²) >= 11 is 0. The van der Waals surface area contributed by atoms with Crippen LogP contribution in [0.4, 0.5) is 0 Å². The average molecular weight is 284 g/mol. The van der Waals surface area contributed by atoms with Crippen LogP contribution >= 0.6 is 0 Å². The number of hydrogen-bond donors (Lipinski definition) is 2. The molecule has 1 saturated heterocycles. The largest absolute Gasteiger partial charge is 0.353 e. The molecule has 118 valence electrons. The van der Waals surface area contributed by atoms with Crippen LogP contribution in [0, 0.1) is 0 Å². The number of nitrogens with one attached hydrogen (secondary N) is 1. The number of rotatable bonds is 9. The van der Waals surface area contributed by atoms with Crippen molar-refractivity contribution in [3.63, 3.8) is 0 Å². The predicted octanol–water partition coefficient (Wildman–Crippen LogP) is 0.648. The number of amides is 1. The molecule has 1 amide bonds. The summed E-state index contributed by atoms with van der Waals surface area (Å²) in [5.41, 5.74) is 5.50. The molecule has 1 rings (SSSR count). The first-order valence-corrected chi connectivity index (χ1v) is 8.09. The zero-order valence-electron chi connectivity index (χ0n) is 13.2. The van der Waals surface area contributed by atoms with Crippen LogP contribution in [0.2, 0.25) is 0 Å². The third kappa shape index (κ3) is 7.22. The minimum atomic E-state index is 0.163. The third-order valence-electron chi connectivity index (χ3n) is 4.03. The minimum Gasteiger partial charge on any atom is -0.353 e. The van der Waals surface area contributed by atoms with Crippen molar-refractivity contribution in [2.45, 2.75) is 45.6 Å². The highest BCUT2D eigenvalue weighted by atomic mass is 16.2. The van der Waals surface area contributed by atoms with E-state index in [1.54, 1.807) is 0 Å². The molecule has 20 heavy (non-hydrogen) atoms. The Balaban J connectivity index is 2.11. The summed E-state index contributed by atoms with van der Waals surface area (Å²) in [6, 6.07) is 0.284. The van der Waals surface area contributed by atoms with Gasteiger partial charge in [0.25, 0.3) is 0 Å². The molecule has 0 aromatic carbocycles. The number of nitrogens with two attached hydrogens (primary N) is 1. The average Bonchev–Trinajstić information content (AvgIpc) is 2.45. The summed E-state index contributed by atoms with van der Waals surface area (Å²) in [5.74, 6) is 0.163. The molecule has 1 atom stereocenters. The van der Waals surface area contributed by atoms with E-state index in [2.05, 4.69) is 29.0 Å². The highest BCUT2D eigenvalue weighted by Crippen LogP contribution is 2.04. The Bertz CT molecular complexity index is 265. The second-order valence-corrected chi connectivity index (χ2v) is 5.84. The summed E-state index contributed by atoms with van der Waals surface area (Å²) in [7, 11) is 0. The summed E-state index contributed by atoms with van der Waals surface area (Å²) in [6.45, 7) is 10.8. The lowest BCUT2D eigenvalue weighted by Crippen LogP contribution is -2.50. The molecule has 1 unspecified atom stereocenters. The molecule has 1 aliphatic rings. The zero-order valence-corrected chi connectivity index (χ0v) is 13.2. The van der Waals surface area contributed by atoms with Gasteiger partial charge in [-0.15, -0.1) is 0 Å². The molecule has 0 aliphatic carbocycles. The van der Waals surface area contributed by atoms with Gasteiger partial charge in [-0.2, -0.15) is 0 Å². The van der Waals surface area contributed by atoms with Crippen molar-refractivity contribution < 1.29 is 4.79 Å². The van der Waals surface area contributed by atoms with Gasteiger partial charge in [-0.25, -0.2) is 0 Å². The molecule has 3 N–H and O–H groups in total. The van der Waals surface area contributed by atoms with Crippen molar-refractivity contribution in [1.82, 2.24) is 15.1 Å². The fourth-order valence-electron chi connectivity index (χ4n) is 2.45. The van der Waals surface area contributed by atoms with Crippen LogP contribution in [0.1, 0.15) is 39.5 Å². The maximum atomic E-state index is 11.8. The Hall–Kier alpha value is -0.650. The first kappa shape index (κ1) is 17.4. The van der Waals surface area contributed by atoms with Gasteiger partial charge in [0.05, 0.1) is 6.54 Å². The molecule has 0 aromatic heterocycles. The summed E-state index contributed by atoms with van der Waals surface area (Å²) in [5, 5.41) is 3.03. The SMILES string of the molecule is CCC(C)NC(=O)CN1CCN(CCCCCN)CC1. The van der Waals surface area contributed by atoms with Crippen molar-refractivity contribution in [1.29, 1.82) is 0 Å². The van der Waals surface area contributed by atoms with E-state index in [9.17, 15) is 4.79 Å². The molecule has 0 spiro atoms. The van der Waals surface area contributed by atoms with Crippen LogP contribution in [-0.2, 0) is 4.79 Å². The van der Waals surface area contributed by atoms with Crippen molar-refractivity contribution in [2.75, 3.05) is 45.8 Å².